The van der Waals surface area contributed by atoms with Gasteiger partial charge in [-0.15, -0.1) is 0 Å². The Hall–Kier alpha value is -7.53. The number of aliphatic imine (C=N–C) groups is 2. The molecule has 25 N–H and O–H groups in total. The van der Waals surface area contributed by atoms with Crippen molar-refractivity contribution >= 4 is 77.0 Å². The summed E-state index contributed by atoms with van der Waals surface area (Å²) in [6.45, 7) is 5.33. The Bertz CT molecular complexity index is 2230. The van der Waals surface area contributed by atoms with E-state index in [-0.39, 0.29) is 94.8 Å². The van der Waals surface area contributed by atoms with Crippen LogP contribution in [0.15, 0.2) is 9.98 Å². The third-order valence-corrected chi connectivity index (χ3v) is 12.4. The van der Waals surface area contributed by atoms with E-state index < -0.39 is 164 Å². The Morgan fingerprint density at radius 1 is 0.512 bits per heavy atom. The molecule has 34 heteroatoms. The van der Waals surface area contributed by atoms with Crippen molar-refractivity contribution in [3.63, 3.8) is 0 Å². The fraction of sp³-hybridized carbons (Fsp3) is 0.729. The van der Waals surface area contributed by atoms with Crippen molar-refractivity contribution in [1.29, 1.82) is 0 Å². The Morgan fingerprint density at radius 3 is 1.40 bits per heavy atom. The number of carboxylic acids is 1. The molecule has 34 nitrogen and oxygen atoms in total. The van der Waals surface area contributed by atoms with Gasteiger partial charge in [0, 0.05) is 19.6 Å². The third-order valence-electron chi connectivity index (χ3n) is 12.4. The van der Waals surface area contributed by atoms with E-state index in [4.69, 9.17) is 28.7 Å². The van der Waals surface area contributed by atoms with Crippen molar-refractivity contribution in [2.24, 2.45) is 50.5 Å². The van der Waals surface area contributed by atoms with Crippen LogP contribution >= 0.6 is 0 Å². The number of aliphatic carboxylic acids is 1. The molecule has 82 heavy (non-hydrogen) atoms. The number of nitrogens with zero attached hydrogens (tertiary/aromatic N) is 3. The molecule has 466 valence electrons. The SMILES string of the molecule is CC(C)C[C@H](NC(=O)[C@H](CO)NC(=O)[C@H](CCCN=C(N)N)NC(=O)[C@H](CO)NC(=O)[C@@H](NC(=O)[C@H](CO)NC(=O)[C@@H]1CCCN1C(=O)[C@H](CCCN=C(N)N)NC(=O)[C@H](CC(C)C)NC(=O)[C@H](C)NC(=O)[C@@H](N)CO)[C@@H](C)O)C(=O)O. The van der Waals surface area contributed by atoms with E-state index in [2.05, 4.69) is 57.8 Å². The highest BCUT2D eigenvalue weighted by Crippen LogP contribution is 2.21. The number of carbonyl (C=O) groups excluding carboxylic acids is 10. The molecule has 0 aromatic rings. The highest BCUT2D eigenvalue weighted by molar-refractivity contribution is 5.99. The Balaban J connectivity index is 3.33. The lowest BCUT2D eigenvalue weighted by Crippen LogP contribution is -2.63. The summed E-state index contributed by atoms with van der Waals surface area (Å²) in [7, 11) is 0. The maximum atomic E-state index is 14.3. The first-order chi connectivity index (χ1) is 38.4. The normalized spacial score (nSPS) is 17.0. The maximum absolute atomic E-state index is 14.3. The van der Waals surface area contributed by atoms with Gasteiger partial charge in [-0.2, -0.15) is 0 Å². The number of amides is 10. The van der Waals surface area contributed by atoms with Crippen molar-refractivity contribution in [2.45, 2.75) is 165 Å². The average molecular weight is 1170 g/mol. The highest BCUT2D eigenvalue weighted by atomic mass is 16.4. The molecule has 12 atom stereocenters. The average Bonchev–Trinajstić information content (AvgIpc) is 3.93. The first-order valence-electron chi connectivity index (χ1n) is 26.7. The zero-order chi connectivity index (χ0) is 62.6. The summed E-state index contributed by atoms with van der Waals surface area (Å²) < 4.78 is 0. The lowest BCUT2D eigenvalue weighted by molar-refractivity contribution is -0.143. The minimum absolute atomic E-state index is 0.00723. The molecule has 0 unspecified atom stereocenters. The number of hydrogen-bond acceptors (Lipinski definition) is 19. The Kier molecular flexibility index (Phi) is 32.5. The first kappa shape index (κ1) is 72.5. The van der Waals surface area contributed by atoms with Gasteiger partial charge in [-0.3, -0.25) is 57.9 Å². The monoisotopic (exact) mass is 1170 g/mol. The van der Waals surface area contributed by atoms with E-state index in [1.807, 2.05) is 0 Å². The summed E-state index contributed by atoms with van der Waals surface area (Å²) in [4.78, 5) is 156. The molecule has 1 aliphatic heterocycles. The van der Waals surface area contributed by atoms with Crippen LogP contribution in [0.1, 0.15) is 92.9 Å². The van der Waals surface area contributed by atoms with Gasteiger partial charge in [0.05, 0.1) is 32.5 Å². The zero-order valence-electron chi connectivity index (χ0n) is 47.1. The lowest BCUT2D eigenvalue weighted by atomic mass is 10.0. The number of likely N-dealkylation sites (tertiary alicyclic amines) is 1. The van der Waals surface area contributed by atoms with Gasteiger partial charge >= 0.3 is 5.97 Å². The molecular weight excluding hydrogens is 1090 g/mol. The van der Waals surface area contributed by atoms with E-state index >= 15 is 0 Å². The number of nitrogens with two attached hydrogens (primary N) is 5. The molecule has 0 aromatic heterocycles. The first-order valence-corrected chi connectivity index (χ1v) is 26.7. The summed E-state index contributed by atoms with van der Waals surface area (Å²) in [6.07, 6.45) is -1.57. The van der Waals surface area contributed by atoms with Crippen molar-refractivity contribution in [3.05, 3.63) is 0 Å². The smallest absolute Gasteiger partial charge is 0.326 e. The van der Waals surface area contributed by atoms with Crippen LogP contribution in [0.2, 0.25) is 0 Å². The second-order valence-corrected chi connectivity index (χ2v) is 20.4. The van der Waals surface area contributed by atoms with Gasteiger partial charge < -0.3 is 112 Å². The third kappa shape index (κ3) is 25.5. The van der Waals surface area contributed by atoms with Crippen LogP contribution in [0.5, 0.6) is 0 Å². The molecule has 1 rings (SSSR count). The molecule has 1 aliphatic rings. The van der Waals surface area contributed by atoms with Crippen LogP contribution in [0, 0.1) is 11.8 Å². The molecule has 1 saturated heterocycles. The van der Waals surface area contributed by atoms with E-state index in [1.54, 1.807) is 27.7 Å². The molecule has 0 bridgehead atoms. The molecule has 0 aliphatic carbocycles. The van der Waals surface area contributed by atoms with Gasteiger partial charge in [-0.1, -0.05) is 27.7 Å². The number of aliphatic hydroxyl groups is 5. The summed E-state index contributed by atoms with van der Waals surface area (Å²) in [5.74, 6) is -12.3. The topological polar surface area (TPSA) is 575 Å². The number of hydrogen-bond donors (Lipinski definition) is 20. The number of nitrogens with one attached hydrogen (secondary N) is 9. The van der Waals surface area contributed by atoms with E-state index in [0.717, 1.165) is 11.8 Å². The number of guanidine groups is 2. The molecule has 0 saturated carbocycles. The zero-order valence-corrected chi connectivity index (χ0v) is 47.1. The van der Waals surface area contributed by atoms with Gasteiger partial charge in [0.1, 0.15) is 66.5 Å². The van der Waals surface area contributed by atoms with Gasteiger partial charge in [0.15, 0.2) is 11.9 Å². The van der Waals surface area contributed by atoms with E-state index in [1.165, 1.54) is 6.92 Å². The van der Waals surface area contributed by atoms with Crippen molar-refractivity contribution in [3.8, 4) is 0 Å². The van der Waals surface area contributed by atoms with Crippen LogP contribution in [0.25, 0.3) is 0 Å². The summed E-state index contributed by atoms with van der Waals surface area (Å²) in [5.41, 5.74) is 27.2. The number of aliphatic hydroxyl groups excluding tert-OH is 5. The molecule has 0 aromatic carbocycles. The van der Waals surface area contributed by atoms with Crippen molar-refractivity contribution < 1.29 is 83.4 Å². The second-order valence-electron chi connectivity index (χ2n) is 20.4. The van der Waals surface area contributed by atoms with Crippen LogP contribution in [-0.4, -0.2) is 231 Å². The summed E-state index contributed by atoms with van der Waals surface area (Å²) in [5, 5.41) is 80.9. The molecule has 1 heterocycles. The number of carbonyl (C=O) groups is 11. The standard InChI is InChI=1S/C48H87N17O17/c1-22(2)16-29(59-36(71)24(5)56-37(72)26(49)18-66)39(74)58-28(11-8-14-55-48(52)53)45(80)65-15-9-12-34(65)43(78)62-33(21-69)42(77)64-35(25(6)70)44(79)63-32(20-68)40(75)57-27(10-7-13-54-47(50)51)38(73)61-31(19-67)41(76)60-30(46(81)82)17-23(3)4/h22-35,66-70H,7-21,49H2,1-6H3,(H,56,72)(H,57,75)(H,58,74)(H,59,71)(H,60,76)(H,61,73)(H,62,78)(H,63,79)(H,64,77)(H,81,82)(H4,50,51,54)(H4,52,53,55)/t24-,25+,26-,27-,28-,29-,30-,31-,32-,33-,34-,35-/m0/s1. The van der Waals surface area contributed by atoms with E-state index in [9.17, 15) is 83.4 Å². The van der Waals surface area contributed by atoms with E-state index in [0.29, 0.717) is 0 Å². The fourth-order valence-corrected chi connectivity index (χ4v) is 8.06. The van der Waals surface area contributed by atoms with Crippen LogP contribution < -0.4 is 76.5 Å². The van der Waals surface area contributed by atoms with Crippen LogP contribution in [-0.2, 0) is 52.7 Å². The highest BCUT2D eigenvalue weighted by Gasteiger charge is 2.41. The van der Waals surface area contributed by atoms with Crippen LogP contribution in [0.4, 0.5) is 0 Å². The van der Waals surface area contributed by atoms with Crippen LogP contribution in [0.3, 0.4) is 0 Å². The molecule has 10 amide bonds. The predicted molar refractivity (Wildman–Crippen MR) is 292 cm³/mol. The summed E-state index contributed by atoms with van der Waals surface area (Å²) >= 11 is 0. The number of rotatable bonds is 37. The molecule has 0 spiro atoms. The Labute approximate surface area is 474 Å². The second kappa shape index (κ2) is 36.7. The quantitative estimate of drug-likeness (QED) is 0.0156. The van der Waals surface area contributed by atoms with Gasteiger partial charge in [0.25, 0.3) is 0 Å². The van der Waals surface area contributed by atoms with Gasteiger partial charge in [0.2, 0.25) is 59.1 Å². The predicted octanol–water partition coefficient (Wildman–Crippen LogP) is -9.68. The van der Waals surface area contributed by atoms with Crippen molar-refractivity contribution in [2.75, 3.05) is 46.1 Å². The van der Waals surface area contributed by atoms with Crippen molar-refractivity contribution in [1.82, 2.24) is 52.8 Å². The minimum Gasteiger partial charge on any atom is -0.480 e. The fourth-order valence-electron chi connectivity index (χ4n) is 8.06. The van der Waals surface area contributed by atoms with Gasteiger partial charge in [-0.05, 0) is 77.0 Å². The summed E-state index contributed by atoms with van der Waals surface area (Å²) in [6, 6.07) is -16.8. The maximum Gasteiger partial charge on any atom is 0.326 e. The lowest BCUT2D eigenvalue weighted by Gasteiger charge is -2.31. The molecule has 0 radical (unpaired) electrons. The minimum atomic E-state index is -1.95. The molecule has 1 fully saturated rings. The number of carboxylic acid groups (broad SMARTS) is 1. The Morgan fingerprint density at radius 2 is 0.927 bits per heavy atom. The largest absolute Gasteiger partial charge is 0.480 e. The molecular formula is C48H87N17O17. The van der Waals surface area contributed by atoms with Gasteiger partial charge in [-0.25, -0.2) is 4.79 Å².